The number of nitrogens with zero attached hydrogens (tertiary/aromatic N) is 1. The van der Waals surface area contributed by atoms with Crippen LogP contribution in [0.25, 0.3) is 0 Å². The number of nitrogens with one attached hydrogen (secondary N) is 1. The Bertz CT molecular complexity index is 872. The molecule has 1 aliphatic rings. The summed E-state index contributed by atoms with van der Waals surface area (Å²) in [7, 11) is 0. The van der Waals surface area contributed by atoms with E-state index in [9.17, 15) is 9.59 Å². The fourth-order valence-corrected chi connectivity index (χ4v) is 3.61. The highest BCUT2D eigenvalue weighted by molar-refractivity contribution is 6.06. The number of carbonyl (C=O) groups excluding carboxylic acids is 2. The van der Waals surface area contributed by atoms with Crippen LogP contribution >= 0.6 is 0 Å². The van der Waals surface area contributed by atoms with Crippen LogP contribution < -0.4 is 15.0 Å². The van der Waals surface area contributed by atoms with Gasteiger partial charge in [-0.1, -0.05) is 29.8 Å². The zero-order chi connectivity index (χ0) is 19.7. The Kier molecular flexibility index (Phi) is 5.22. The fraction of sp³-hybridized carbons (Fsp3) is 0.364. The molecule has 142 valence electrons. The third-order valence-corrected chi connectivity index (χ3v) is 4.55. The predicted octanol–water partition coefficient (Wildman–Crippen LogP) is 3.81. The lowest BCUT2D eigenvalue weighted by Gasteiger charge is -2.20. The first kappa shape index (κ1) is 19.0. The van der Waals surface area contributed by atoms with E-state index in [0.29, 0.717) is 6.54 Å². The van der Waals surface area contributed by atoms with Gasteiger partial charge < -0.3 is 15.0 Å². The van der Waals surface area contributed by atoms with Gasteiger partial charge in [-0.3, -0.25) is 9.59 Å². The first-order chi connectivity index (χ1) is 12.8. The Hall–Kier alpha value is -2.82. The molecule has 2 aromatic rings. The van der Waals surface area contributed by atoms with E-state index in [4.69, 9.17) is 4.74 Å². The average molecular weight is 366 g/mol. The first-order valence-electron chi connectivity index (χ1n) is 9.21. The Morgan fingerprint density at radius 3 is 2.44 bits per heavy atom. The minimum Gasteiger partial charge on any atom is -0.491 e. The molecule has 0 bridgehead atoms. The second-order valence-corrected chi connectivity index (χ2v) is 7.39. The average Bonchev–Trinajstić information content (AvgIpc) is 2.81. The van der Waals surface area contributed by atoms with Crippen molar-refractivity contribution in [3.63, 3.8) is 0 Å². The van der Waals surface area contributed by atoms with Gasteiger partial charge in [0.25, 0.3) is 5.91 Å². The molecule has 5 nitrogen and oxygen atoms in total. The van der Waals surface area contributed by atoms with Crippen LogP contribution in [-0.4, -0.2) is 17.9 Å². The molecule has 2 amide bonds. The number of rotatable bonds is 5. The molecular weight excluding hydrogens is 340 g/mol. The van der Waals surface area contributed by atoms with Gasteiger partial charge in [0.2, 0.25) is 5.91 Å². The molecule has 0 aliphatic carbocycles. The molecule has 0 fully saturated rings. The standard InChI is InChI=1S/C22H26N2O3/c1-13(2)27-18-8-6-17(7-9-18)12-24-21-15(4)10-14(3)11-19(21)20(22(24)26)23-16(5)25/h6-11,13,20H,12H2,1-5H3,(H,23,25)/t20-/m1/s1. The molecule has 0 radical (unpaired) electrons. The highest BCUT2D eigenvalue weighted by atomic mass is 16.5. The van der Waals surface area contributed by atoms with Crippen molar-refractivity contribution < 1.29 is 14.3 Å². The van der Waals surface area contributed by atoms with Crippen molar-refractivity contribution in [1.82, 2.24) is 5.32 Å². The Morgan fingerprint density at radius 1 is 1.19 bits per heavy atom. The lowest BCUT2D eigenvalue weighted by atomic mass is 10.0. The van der Waals surface area contributed by atoms with Gasteiger partial charge in [-0.15, -0.1) is 0 Å². The minimum atomic E-state index is -0.625. The van der Waals surface area contributed by atoms with Gasteiger partial charge in [0.05, 0.1) is 18.3 Å². The summed E-state index contributed by atoms with van der Waals surface area (Å²) in [5.74, 6) is 0.497. The number of ether oxygens (including phenoxy) is 1. The van der Waals surface area contributed by atoms with E-state index in [-0.39, 0.29) is 17.9 Å². The van der Waals surface area contributed by atoms with Gasteiger partial charge in [0.1, 0.15) is 11.8 Å². The van der Waals surface area contributed by atoms with Crippen molar-refractivity contribution in [2.45, 2.75) is 53.3 Å². The number of aryl methyl sites for hydroxylation is 2. The number of hydrogen-bond acceptors (Lipinski definition) is 3. The third kappa shape index (κ3) is 3.97. The van der Waals surface area contributed by atoms with Crippen LogP contribution in [0.1, 0.15) is 49.1 Å². The summed E-state index contributed by atoms with van der Waals surface area (Å²) in [4.78, 5) is 26.5. The molecule has 1 atom stereocenters. The maximum absolute atomic E-state index is 13.1. The Morgan fingerprint density at radius 2 is 1.85 bits per heavy atom. The van der Waals surface area contributed by atoms with E-state index >= 15 is 0 Å². The third-order valence-electron chi connectivity index (χ3n) is 4.55. The smallest absolute Gasteiger partial charge is 0.254 e. The van der Waals surface area contributed by atoms with Crippen LogP contribution in [-0.2, 0) is 16.1 Å². The zero-order valence-corrected chi connectivity index (χ0v) is 16.5. The van der Waals surface area contributed by atoms with Crippen LogP contribution in [0, 0.1) is 13.8 Å². The summed E-state index contributed by atoms with van der Waals surface area (Å²) < 4.78 is 5.68. The maximum Gasteiger partial charge on any atom is 0.254 e. The SMILES string of the molecule is CC(=O)N[C@H]1C(=O)N(Cc2ccc(OC(C)C)cc2)c2c(C)cc(C)cc21. The molecule has 0 unspecified atom stereocenters. The lowest BCUT2D eigenvalue weighted by Crippen LogP contribution is -2.36. The number of anilines is 1. The van der Waals surface area contributed by atoms with Gasteiger partial charge in [-0.05, 0) is 51.0 Å². The van der Waals surface area contributed by atoms with Crippen molar-refractivity contribution in [1.29, 1.82) is 0 Å². The van der Waals surface area contributed by atoms with E-state index in [1.54, 1.807) is 4.90 Å². The molecule has 0 saturated heterocycles. The van der Waals surface area contributed by atoms with Gasteiger partial charge >= 0.3 is 0 Å². The predicted molar refractivity (Wildman–Crippen MR) is 106 cm³/mol. The van der Waals surface area contributed by atoms with E-state index in [0.717, 1.165) is 33.7 Å². The largest absolute Gasteiger partial charge is 0.491 e. The van der Waals surface area contributed by atoms with Crippen LogP contribution in [0.5, 0.6) is 5.75 Å². The van der Waals surface area contributed by atoms with Crippen molar-refractivity contribution in [3.05, 3.63) is 58.7 Å². The van der Waals surface area contributed by atoms with E-state index < -0.39 is 6.04 Å². The highest BCUT2D eigenvalue weighted by Crippen LogP contribution is 2.40. The summed E-state index contributed by atoms with van der Waals surface area (Å²) in [5.41, 5.74) is 4.88. The van der Waals surface area contributed by atoms with Gasteiger partial charge in [0, 0.05) is 12.5 Å². The summed E-state index contributed by atoms with van der Waals surface area (Å²) in [6.07, 6.45) is 0.118. The number of amides is 2. The van der Waals surface area contributed by atoms with Crippen LogP contribution in [0.4, 0.5) is 5.69 Å². The normalized spacial score (nSPS) is 15.9. The van der Waals surface area contributed by atoms with Gasteiger partial charge in [0.15, 0.2) is 0 Å². The van der Waals surface area contributed by atoms with Crippen LogP contribution in [0.2, 0.25) is 0 Å². The number of hydrogen-bond donors (Lipinski definition) is 1. The van der Waals surface area contributed by atoms with Crippen LogP contribution in [0.15, 0.2) is 36.4 Å². The fourth-order valence-electron chi connectivity index (χ4n) is 3.61. The molecule has 27 heavy (non-hydrogen) atoms. The molecule has 1 heterocycles. The van der Waals surface area contributed by atoms with E-state index in [1.807, 2.05) is 58.0 Å². The lowest BCUT2D eigenvalue weighted by molar-refractivity contribution is -0.126. The molecule has 5 heteroatoms. The maximum atomic E-state index is 13.1. The Labute approximate surface area is 160 Å². The monoisotopic (exact) mass is 366 g/mol. The van der Waals surface area contributed by atoms with Crippen LogP contribution in [0.3, 0.4) is 0 Å². The van der Waals surface area contributed by atoms with Crippen molar-refractivity contribution in [3.8, 4) is 5.75 Å². The highest BCUT2D eigenvalue weighted by Gasteiger charge is 2.38. The quantitative estimate of drug-likeness (QED) is 0.875. The van der Waals surface area contributed by atoms with Crippen molar-refractivity contribution >= 4 is 17.5 Å². The molecule has 1 N–H and O–H groups in total. The van der Waals surface area contributed by atoms with E-state index in [1.165, 1.54) is 6.92 Å². The minimum absolute atomic E-state index is 0.101. The summed E-state index contributed by atoms with van der Waals surface area (Å²) in [6.45, 7) is 9.86. The summed E-state index contributed by atoms with van der Waals surface area (Å²) in [6, 6.07) is 11.2. The molecule has 0 saturated carbocycles. The van der Waals surface area contributed by atoms with Gasteiger partial charge in [-0.2, -0.15) is 0 Å². The van der Waals surface area contributed by atoms with Gasteiger partial charge in [-0.25, -0.2) is 0 Å². The summed E-state index contributed by atoms with van der Waals surface area (Å²) in [5, 5.41) is 2.80. The number of fused-ring (bicyclic) bond motifs is 1. The summed E-state index contributed by atoms with van der Waals surface area (Å²) >= 11 is 0. The molecule has 2 aromatic carbocycles. The first-order valence-corrected chi connectivity index (χ1v) is 9.21. The van der Waals surface area contributed by atoms with E-state index in [2.05, 4.69) is 11.4 Å². The topological polar surface area (TPSA) is 58.6 Å². The van der Waals surface area contributed by atoms with Crippen molar-refractivity contribution in [2.24, 2.45) is 0 Å². The molecule has 0 aromatic heterocycles. The van der Waals surface area contributed by atoms with Crippen molar-refractivity contribution in [2.75, 3.05) is 4.90 Å². The molecular formula is C22H26N2O3. The second kappa shape index (κ2) is 7.43. The molecule has 3 rings (SSSR count). The number of benzene rings is 2. The zero-order valence-electron chi connectivity index (χ0n) is 16.5. The molecule has 0 spiro atoms. The number of carbonyl (C=O) groups is 2. The Balaban J connectivity index is 1.92. The second-order valence-electron chi connectivity index (χ2n) is 7.39. The molecule has 1 aliphatic heterocycles.